The van der Waals surface area contributed by atoms with E-state index in [4.69, 9.17) is 0 Å². The third kappa shape index (κ3) is 3.07. The van der Waals surface area contributed by atoms with Crippen LogP contribution in [0.1, 0.15) is 38.3 Å². The zero-order valence-electron chi connectivity index (χ0n) is 9.74. The summed E-state index contributed by atoms with van der Waals surface area (Å²) in [7, 11) is 0. The lowest BCUT2D eigenvalue weighted by Gasteiger charge is -2.20. The zero-order valence-corrected chi connectivity index (χ0v) is 9.74. The van der Waals surface area contributed by atoms with Crippen LogP contribution in [-0.4, -0.2) is 6.54 Å². The molecule has 0 aromatic heterocycles. The van der Waals surface area contributed by atoms with Gasteiger partial charge in [-0.05, 0) is 36.8 Å². The fourth-order valence-electron chi connectivity index (χ4n) is 2.01. The first-order valence-electron chi connectivity index (χ1n) is 6.05. The van der Waals surface area contributed by atoms with Crippen LogP contribution in [0.4, 0.5) is 0 Å². The maximum absolute atomic E-state index is 3.70. The Kier molecular flexibility index (Phi) is 3.42. The molecule has 1 aliphatic rings. The highest BCUT2D eigenvalue weighted by atomic mass is 14.9. The molecule has 1 nitrogen and oxygen atoms in total. The summed E-state index contributed by atoms with van der Waals surface area (Å²) >= 11 is 0. The van der Waals surface area contributed by atoms with E-state index < -0.39 is 0 Å². The average Bonchev–Trinajstić information content (AvgIpc) is 3.03. The van der Waals surface area contributed by atoms with Crippen molar-refractivity contribution in [2.75, 3.05) is 6.54 Å². The van der Waals surface area contributed by atoms with E-state index in [1.165, 1.54) is 18.4 Å². The highest BCUT2D eigenvalue weighted by Crippen LogP contribution is 2.40. The van der Waals surface area contributed by atoms with Gasteiger partial charge in [0.25, 0.3) is 0 Å². The summed E-state index contributed by atoms with van der Waals surface area (Å²) in [6.07, 6.45) is 2.79. The molecule has 1 atom stereocenters. The molecule has 1 saturated carbocycles. The molecule has 1 N–H and O–H groups in total. The third-order valence-electron chi connectivity index (χ3n) is 3.00. The molecule has 0 spiro atoms. The van der Waals surface area contributed by atoms with E-state index in [1.807, 2.05) is 0 Å². The molecule has 1 aromatic rings. The predicted octanol–water partition coefficient (Wildman–Crippen LogP) is 3.38. The molecule has 0 bridgehead atoms. The Morgan fingerprint density at radius 2 is 1.87 bits per heavy atom. The molecule has 1 heteroatoms. The molecule has 1 aliphatic carbocycles. The van der Waals surface area contributed by atoms with Crippen LogP contribution in [0.25, 0.3) is 0 Å². The molecule has 1 unspecified atom stereocenters. The normalized spacial score (nSPS) is 18.1. The van der Waals surface area contributed by atoms with Gasteiger partial charge in [-0.25, -0.2) is 0 Å². The molecule has 2 rings (SSSR count). The van der Waals surface area contributed by atoms with Gasteiger partial charge in [0, 0.05) is 6.04 Å². The summed E-state index contributed by atoms with van der Waals surface area (Å²) in [6, 6.07) is 11.5. The van der Waals surface area contributed by atoms with Crippen LogP contribution < -0.4 is 5.32 Å². The summed E-state index contributed by atoms with van der Waals surface area (Å²) < 4.78 is 0. The van der Waals surface area contributed by atoms with Crippen LogP contribution in [0.3, 0.4) is 0 Å². The van der Waals surface area contributed by atoms with Crippen molar-refractivity contribution < 1.29 is 0 Å². The van der Waals surface area contributed by atoms with Crippen molar-refractivity contribution in [2.24, 2.45) is 11.8 Å². The number of rotatable bonds is 5. The SMILES string of the molecule is CC(C)CNC(c1ccccc1)C1CC1. The van der Waals surface area contributed by atoms with Gasteiger partial charge in [-0.1, -0.05) is 44.2 Å². The Bertz CT molecular complexity index is 287. The van der Waals surface area contributed by atoms with E-state index in [1.54, 1.807) is 0 Å². The summed E-state index contributed by atoms with van der Waals surface area (Å²) in [5, 5.41) is 3.70. The van der Waals surface area contributed by atoms with Crippen molar-refractivity contribution in [2.45, 2.75) is 32.7 Å². The number of hydrogen-bond acceptors (Lipinski definition) is 1. The lowest BCUT2D eigenvalue weighted by molar-refractivity contribution is 0.439. The summed E-state index contributed by atoms with van der Waals surface area (Å²) in [5.74, 6) is 1.61. The predicted molar refractivity (Wildman–Crippen MR) is 64.7 cm³/mol. The van der Waals surface area contributed by atoms with Gasteiger partial charge in [0.15, 0.2) is 0 Å². The second-order valence-corrected chi connectivity index (χ2v) is 5.03. The minimum Gasteiger partial charge on any atom is -0.309 e. The smallest absolute Gasteiger partial charge is 0.0348 e. The molecular formula is C14H21N. The fraction of sp³-hybridized carbons (Fsp3) is 0.571. The van der Waals surface area contributed by atoms with Gasteiger partial charge in [0.1, 0.15) is 0 Å². The summed E-state index contributed by atoms with van der Waals surface area (Å²) in [6.45, 7) is 5.65. The number of nitrogens with one attached hydrogen (secondary N) is 1. The van der Waals surface area contributed by atoms with Gasteiger partial charge in [0.2, 0.25) is 0 Å². The largest absolute Gasteiger partial charge is 0.309 e. The zero-order chi connectivity index (χ0) is 10.7. The Balaban J connectivity index is 2.00. The van der Waals surface area contributed by atoms with E-state index in [9.17, 15) is 0 Å². The lowest BCUT2D eigenvalue weighted by atomic mass is 10.0. The van der Waals surface area contributed by atoms with Crippen molar-refractivity contribution in [3.63, 3.8) is 0 Å². The van der Waals surface area contributed by atoms with E-state index in [2.05, 4.69) is 49.5 Å². The highest BCUT2D eigenvalue weighted by molar-refractivity contribution is 5.21. The van der Waals surface area contributed by atoms with Gasteiger partial charge in [-0.3, -0.25) is 0 Å². The van der Waals surface area contributed by atoms with Crippen molar-refractivity contribution in [1.29, 1.82) is 0 Å². The Hall–Kier alpha value is -0.820. The van der Waals surface area contributed by atoms with Gasteiger partial charge < -0.3 is 5.32 Å². The first kappa shape index (κ1) is 10.7. The van der Waals surface area contributed by atoms with Crippen molar-refractivity contribution in [1.82, 2.24) is 5.32 Å². The molecule has 0 saturated heterocycles. The van der Waals surface area contributed by atoms with Gasteiger partial charge >= 0.3 is 0 Å². The van der Waals surface area contributed by atoms with Gasteiger partial charge in [-0.15, -0.1) is 0 Å². The maximum Gasteiger partial charge on any atom is 0.0348 e. The van der Waals surface area contributed by atoms with Crippen molar-refractivity contribution >= 4 is 0 Å². The minimum atomic E-state index is 0.591. The van der Waals surface area contributed by atoms with Crippen LogP contribution in [0.15, 0.2) is 30.3 Å². The molecular weight excluding hydrogens is 182 g/mol. The topological polar surface area (TPSA) is 12.0 Å². The van der Waals surface area contributed by atoms with Crippen LogP contribution in [0, 0.1) is 11.8 Å². The molecule has 0 aliphatic heterocycles. The number of hydrogen-bond donors (Lipinski definition) is 1. The second kappa shape index (κ2) is 4.80. The highest BCUT2D eigenvalue weighted by Gasteiger charge is 2.31. The molecule has 15 heavy (non-hydrogen) atoms. The monoisotopic (exact) mass is 203 g/mol. The van der Waals surface area contributed by atoms with Crippen LogP contribution in [-0.2, 0) is 0 Å². The quantitative estimate of drug-likeness (QED) is 0.773. The van der Waals surface area contributed by atoms with Crippen LogP contribution in [0.2, 0.25) is 0 Å². The van der Waals surface area contributed by atoms with Crippen molar-refractivity contribution in [3.8, 4) is 0 Å². The standard InChI is InChI=1S/C14H21N/c1-11(2)10-15-14(13-8-9-13)12-6-4-3-5-7-12/h3-7,11,13-15H,8-10H2,1-2H3. The van der Waals surface area contributed by atoms with E-state index in [0.29, 0.717) is 6.04 Å². The van der Waals surface area contributed by atoms with E-state index in [0.717, 1.165) is 18.4 Å². The molecule has 0 amide bonds. The van der Waals surface area contributed by atoms with E-state index >= 15 is 0 Å². The molecule has 1 aromatic carbocycles. The maximum atomic E-state index is 3.70. The Labute approximate surface area is 92.9 Å². The number of benzene rings is 1. The average molecular weight is 203 g/mol. The molecule has 0 radical (unpaired) electrons. The molecule has 1 fully saturated rings. The summed E-state index contributed by atoms with van der Waals surface area (Å²) in [4.78, 5) is 0. The first-order valence-corrected chi connectivity index (χ1v) is 6.05. The minimum absolute atomic E-state index is 0.591. The Morgan fingerprint density at radius 1 is 1.20 bits per heavy atom. The fourth-order valence-corrected chi connectivity index (χ4v) is 2.01. The van der Waals surface area contributed by atoms with Crippen LogP contribution in [0.5, 0.6) is 0 Å². The van der Waals surface area contributed by atoms with Gasteiger partial charge in [0.05, 0.1) is 0 Å². The first-order chi connectivity index (χ1) is 7.27. The second-order valence-electron chi connectivity index (χ2n) is 5.03. The lowest BCUT2D eigenvalue weighted by Crippen LogP contribution is -2.26. The molecule has 0 heterocycles. The van der Waals surface area contributed by atoms with E-state index in [-0.39, 0.29) is 0 Å². The summed E-state index contributed by atoms with van der Waals surface area (Å²) in [5.41, 5.74) is 1.46. The third-order valence-corrected chi connectivity index (χ3v) is 3.00. The van der Waals surface area contributed by atoms with Crippen molar-refractivity contribution in [3.05, 3.63) is 35.9 Å². The van der Waals surface area contributed by atoms with Crippen LogP contribution >= 0.6 is 0 Å². The molecule has 82 valence electrons. The van der Waals surface area contributed by atoms with Gasteiger partial charge in [-0.2, -0.15) is 0 Å². The Morgan fingerprint density at radius 3 is 2.40 bits per heavy atom.